The number of hydrogen-bond acceptors (Lipinski definition) is 5. The fourth-order valence-corrected chi connectivity index (χ4v) is 5.01. The fraction of sp³-hybridized carbons (Fsp3) is 0.444. The molecule has 10 heteroatoms. The minimum atomic E-state index is -4.44. The number of rotatable bonds is 3. The Labute approximate surface area is 162 Å². The van der Waals surface area contributed by atoms with E-state index in [0.717, 1.165) is 34.8 Å². The van der Waals surface area contributed by atoms with Crippen molar-refractivity contribution in [1.82, 2.24) is 29.4 Å². The average Bonchev–Trinajstić information content (AvgIpc) is 3.32. The van der Waals surface area contributed by atoms with E-state index in [1.807, 2.05) is 0 Å². The molecule has 1 aliphatic carbocycles. The highest BCUT2D eigenvalue weighted by Crippen LogP contribution is 2.36. The van der Waals surface area contributed by atoms with Gasteiger partial charge in [-0.25, -0.2) is 14.5 Å². The van der Waals surface area contributed by atoms with E-state index in [9.17, 15) is 13.2 Å². The number of nitrogens with zero attached hydrogens (tertiary/aromatic N) is 6. The molecule has 4 aromatic rings. The quantitative estimate of drug-likeness (QED) is 0.516. The maximum absolute atomic E-state index is 12.8. The lowest BCUT2D eigenvalue weighted by Crippen LogP contribution is -2.10. The largest absolute Gasteiger partial charge is 0.435 e. The van der Waals surface area contributed by atoms with Crippen molar-refractivity contribution in [1.29, 1.82) is 0 Å². The van der Waals surface area contributed by atoms with Crippen LogP contribution in [-0.4, -0.2) is 29.4 Å². The molecule has 0 saturated carbocycles. The zero-order valence-corrected chi connectivity index (χ0v) is 15.9. The van der Waals surface area contributed by atoms with Gasteiger partial charge < -0.3 is 0 Å². The lowest BCUT2D eigenvalue weighted by atomic mass is 9.97. The topological polar surface area (TPSA) is 60.9 Å². The molecule has 0 spiro atoms. The second kappa shape index (κ2) is 6.26. The van der Waals surface area contributed by atoms with E-state index in [2.05, 4.69) is 20.2 Å². The van der Waals surface area contributed by atoms with Crippen LogP contribution in [0, 0.1) is 6.92 Å². The highest BCUT2D eigenvalue weighted by atomic mass is 32.1. The van der Waals surface area contributed by atoms with Gasteiger partial charge in [0, 0.05) is 23.5 Å². The SMILES string of the molecule is Cc1cc(C(F)(F)F)nn1CCc1nc2c3c4c(sc3ncn2n1)CCCC4. The van der Waals surface area contributed by atoms with Crippen molar-refractivity contribution in [3.63, 3.8) is 0 Å². The van der Waals surface area contributed by atoms with Gasteiger partial charge in [-0.1, -0.05) is 0 Å². The Morgan fingerprint density at radius 3 is 2.79 bits per heavy atom. The molecule has 4 heterocycles. The molecule has 4 aromatic heterocycles. The van der Waals surface area contributed by atoms with Gasteiger partial charge in [0.15, 0.2) is 17.2 Å². The maximum Gasteiger partial charge on any atom is 0.435 e. The first kappa shape index (κ1) is 17.6. The summed E-state index contributed by atoms with van der Waals surface area (Å²) >= 11 is 1.73. The second-order valence-corrected chi connectivity index (χ2v) is 8.16. The van der Waals surface area contributed by atoms with Crippen molar-refractivity contribution < 1.29 is 13.2 Å². The Balaban J connectivity index is 1.47. The molecule has 0 amide bonds. The van der Waals surface area contributed by atoms with Gasteiger partial charge in [0.1, 0.15) is 11.2 Å². The summed E-state index contributed by atoms with van der Waals surface area (Å²) in [5.41, 5.74) is 1.71. The Bertz CT molecular complexity index is 1190. The van der Waals surface area contributed by atoms with E-state index in [4.69, 9.17) is 0 Å². The first-order chi connectivity index (χ1) is 13.4. The van der Waals surface area contributed by atoms with E-state index in [1.165, 1.54) is 28.0 Å². The van der Waals surface area contributed by atoms with Crippen LogP contribution in [0.15, 0.2) is 12.4 Å². The Morgan fingerprint density at radius 1 is 1.18 bits per heavy atom. The van der Waals surface area contributed by atoms with Crippen molar-refractivity contribution in [2.75, 3.05) is 0 Å². The van der Waals surface area contributed by atoms with Crippen molar-refractivity contribution in [2.45, 2.75) is 51.7 Å². The molecule has 5 rings (SSSR count). The third-order valence-corrected chi connectivity index (χ3v) is 6.35. The van der Waals surface area contributed by atoms with E-state index in [1.54, 1.807) is 29.1 Å². The van der Waals surface area contributed by atoms with E-state index in [-0.39, 0.29) is 6.54 Å². The predicted octanol–water partition coefficient (Wildman–Crippen LogP) is 3.98. The fourth-order valence-electron chi connectivity index (χ4n) is 3.79. The van der Waals surface area contributed by atoms with Crippen molar-refractivity contribution in [3.05, 3.63) is 40.0 Å². The van der Waals surface area contributed by atoms with E-state index in [0.29, 0.717) is 17.9 Å². The van der Waals surface area contributed by atoms with Crippen LogP contribution in [-0.2, 0) is 32.0 Å². The molecule has 0 N–H and O–H groups in total. The summed E-state index contributed by atoms with van der Waals surface area (Å²) in [5, 5.41) is 9.22. The molecule has 0 atom stereocenters. The van der Waals surface area contributed by atoms with Gasteiger partial charge in [0.2, 0.25) is 0 Å². The molecule has 0 radical (unpaired) electrons. The van der Waals surface area contributed by atoms with Crippen LogP contribution in [0.5, 0.6) is 0 Å². The molecule has 0 fully saturated rings. The van der Waals surface area contributed by atoms with Gasteiger partial charge >= 0.3 is 6.18 Å². The zero-order valence-electron chi connectivity index (χ0n) is 15.1. The van der Waals surface area contributed by atoms with Crippen LogP contribution in [0.1, 0.15) is 40.5 Å². The second-order valence-electron chi connectivity index (χ2n) is 7.07. The van der Waals surface area contributed by atoms with Crippen LogP contribution in [0.2, 0.25) is 0 Å². The van der Waals surface area contributed by atoms with Crippen LogP contribution in [0.4, 0.5) is 13.2 Å². The summed E-state index contributed by atoms with van der Waals surface area (Å²) in [6, 6.07) is 1.06. The number of fused-ring (bicyclic) bond motifs is 5. The van der Waals surface area contributed by atoms with Gasteiger partial charge in [0.05, 0.1) is 5.39 Å². The van der Waals surface area contributed by atoms with E-state index < -0.39 is 11.9 Å². The van der Waals surface area contributed by atoms with Crippen molar-refractivity contribution >= 4 is 27.2 Å². The molecule has 0 unspecified atom stereocenters. The molecular weight excluding hydrogens is 389 g/mol. The van der Waals surface area contributed by atoms with Gasteiger partial charge in [-0.3, -0.25) is 4.68 Å². The first-order valence-corrected chi connectivity index (χ1v) is 9.98. The van der Waals surface area contributed by atoms with Crippen molar-refractivity contribution in [3.8, 4) is 0 Å². The van der Waals surface area contributed by atoms with Crippen molar-refractivity contribution in [2.24, 2.45) is 0 Å². The summed E-state index contributed by atoms with van der Waals surface area (Å²) in [5.74, 6) is 0.577. The molecule has 1 aliphatic rings. The smallest absolute Gasteiger partial charge is 0.269 e. The molecular formula is C18H17F3N6S. The van der Waals surface area contributed by atoms with Gasteiger partial charge in [-0.15, -0.1) is 16.4 Å². The number of aromatic nitrogens is 6. The lowest BCUT2D eigenvalue weighted by Gasteiger charge is -2.09. The van der Waals surface area contributed by atoms with E-state index >= 15 is 0 Å². The Kier molecular flexibility index (Phi) is 3.94. The molecule has 0 saturated heterocycles. The molecule has 28 heavy (non-hydrogen) atoms. The lowest BCUT2D eigenvalue weighted by molar-refractivity contribution is -0.141. The Hall–Kier alpha value is -2.49. The van der Waals surface area contributed by atoms with Gasteiger partial charge in [0.25, 0.3) is 0 Å². The highest BCUT2D eigenvalue weighted by Gasteiger charge is 2.34. The Morgan fingerprint density at radius 2 is 2.00 bits per heavy atom. The summed E-state index contributed by atoms with van der Waals surface area (Å²) < 4.78 is 41.5. The molecule has 0 bridgehead atoms. The van der Waals surface area contributed by atoms with Crippen LogP contribution in [0.25, 0.3) is 15.9 Å². The monoisotopic (exact) mass is 406 g/mol. The van der Waals surface area contributed by atoms with Crippen LogP contribution < -0.4 is 0 Å². The zero-order chi connectivity index (χ0) is 19.5. The number of halogens is 3. The minimum Gasteiger partial charge on any atom is -0.269 e. The summed E-state index contributed by atoms with van der Waals surface area (Å²) in [6.07, 6.45) is 2.12. The average molecular weight is 406 g/mol. The maximum atomic E-state index is 12.8. The highest BCUT2D eigenvalue weighted by molar-refractivity contribution is 7.19. The number of alkyl halides is 3. The van der Waals surface area contributed by atoms with Gasteiger partial charge in [-0.2, -0.15) is 18.3 Å². The third-order valence-electron chi connectivity index (χ3n) is 5.15. The number of thiophene rings is 1. The van der Waals surface area contributed by atoms with Gasteiger partial charge in [-0.05, 0) is 44.2 Å². The minimum absolute atomic E-state index is 0.289. The number of aryl methyl sites for hydroxylation is 5. The number of hydrogen-bond donors (Lipinski definition) is 0. The summed E-state index contributed by atoms with van der Waals surface area (Å²) in [6.45, 7) is 1.90. The molecule has 0 aliphatic heterocycles. The first-order valence-electron chi connectivity index (χ1n) is 9.16. The summed E-state index contributed by atoms with van der Waals surface area (Å²) in [7, 11) is 0. The normalized spacial score (nSPS) is 14.9. The van der Waals surface area contributed by atoms with Crippen LogP contribution >= 0.6 is 11.3 Å². The van der Waals surface area contributed by atoms with Crippen LogP contribution in [0.3, 0.4) is 0 Å². The summed E-state index contributed by atoms with van der Waals surface area (Å²) in [4.78, 5) is 11.6. The predicted molar refractivity (Wildman–Crippen MR) is 98.5 cm³/mol. The third kappa shape index (κ3) is 2.86. The molecule has 146 valence electrons. The molecule has 0 aromatic carbocycles. The molecule has 6 nitrogen and oxygen atoms in total. The standard InChI is InChI=1S/C18H17F3N6S/c1-10-8-13(18(19,20)21)24-26(10)7-6-14-23-16-15-11-4-2-3-5-12(11)28-17(15)22-9-27(16)25-14/h8-9H,2-7H2,1H3.